The number of rotatable bonds is 9. The molecule has 0 bridgehead atoms. The minimum absolute atomic E-state index is 0.575. The van der Waals surface area contributed by atoms with Gasteiger partial charge in [-0.3, -0.25) is 0 Å². The van der Waals surface area contributed by atoms with Gasteiger partial charge in [0, 0.05) is 48.0 Å². The SMILES string of the molecule is C=C/C=C\C=C\c1nc(-c2ccccc2)nc(-c2cccc(-c3cc(-c4ccc5c(n4)-c4nc(-c6ccccc6)ccc4CC5)cc4c3sc3ccc(-c5ccccc5)cc34)c2)n1. The number of aromatic nitrogens is 5. The first-order valence-corrected chi connectivity index (χ1v) is 22.0. The van der Waals surface area contributed by atoms with E-state index in [1.807, 2.05) is 72.0 Å². The van der Waals surface area contributed by atoms with Crippen molar-refractivity contribution >= 4 is 37.6 Å². The van der Waals surface area contributed by atoms with Crippen molar-refractivity contribution in [3.05, 3.63) is 218 Å². The molecular formula is C57H39N5S. The lowest BCUT2D eigenvalue weighted by atomic mass is 9.91. The van der Waals surface area contributed by atoms with E-state index in [1.165, 1.54) is 42.4 Å². The Kier molecular flexibility index (Phi) is 9.96. The Labute approximate surface area is 370 Å². The molecule has 0 aliphatic heterocycles. The smallest absolute Gasteiger partial charge is 0.164 e. The highest BCUT2D eigenvalue weighted by molar-refractivity contribution is 7.26. The molecule has 298 valence electrons. The minimum Gasteiger partial charge on any atom is -0.246 e. The second kappa shape index (κ2) is 16.5. The van der Waals surface area contributed by atoms with Crippen molar-refractivity contribution in [3.63, 3.8) is 0 Å². The lowest BCUT2D eigenvalue weighted by Crippen LogP contribution is -2.08. The molecular weight excluding hydrogens is 787 g/mol. The summed E-state index contributed by atoms with van der Waals surface area (Å²) in [5, 5.41) is 2.42. The molecule has 1 aliphatic rings. The fourth-order valence-corrected chi connectivity index (χ4v) is 9.66. The number of fused-ring (bicyclic) bond motifs is 6. The number of hydrogen-bond donors (Lipinski definition) is 0. The fourth-order valence-electron chi connectivity index (χ4n) is 8.46. The number of nitrogens with zero attached hydrogens (tertiary/aromatic N) is 5. The van der Waals surface area contributed by atoms with Crippen molar-refractivity contribution in [2.75, 3.05) is 0 Å². The van der Waals surface area contributed by atoms with Gasteiger partial charge in [0.1, 0.15) is 0 Å². The maximum Gasteiger partial charge on any atom is 0.164 e. The van der Waals surface area contributed by atoms with Crippen LogP contribution in [0.3, 0.4) is 0 Å². The third kappa shape index (κ3) is 7.47. The van der Waals surface area contributed by atoms with Crippen LogP contribution >= 0.6 is 11.3 Å². The number of pyridine rings is 2. The highest BCUT2D eigenvalue weighted by atomic mass is 32.1. The van der Waals surface area contributed by atoms with Gasteiger partial charge in [-0.05, 0) is 89.2 Å². The molecule has 4 heterocycles. The fraction of sp³-hybridized carbons (Fsp3) is 0.0351. The summed E-state index contributed by atoms with van der Waals surface area (Å²) in [6, 6.07) is 59.9. The summed E-state index contributed by atoms with van der Waals surface area (Å²) in [6.07, 6.45) is 11.2. The van der Waals surface area contributed by atoms with Gasteiger partial charge in [-0.2, -0.15) is 0 Å². The Morgan fingerprint density at radius 1 is 0.429 bits per heavy atom. The van der Waals surface area contributed by atoms with Crippen LogP contribution in [0.2, 0.25) is 0 Å². The standard InChI is InChI=1S/C57H39N5S/c1-2-3-4-14-24-52-60-56(41-20-12-7-13-21-41)62-57(61-52)44-23-15-22-43(33-44)46-35-45(36-48-47-34-42(37-16-8-5-9-17-37)29-32-51(47)63-55(46)48)50-31-28-40-26-25-39-27-30-49(38-18-10-6-11-19-38)58-53(39)54(40)59-50/h2-24,27-36H,1,25-26H2/b4-3-,24-14+. The molecule has 6 heteroatoms. The van der Waals surface area contributed by atoms with E-state index in [4.69, 9.17) is 24.9 Å². The molecule has 0 unspecified atom stereocenters. The van der Waals surface area contributed by atoms with Gasteiger partial charge in [0.25, 0.3) is 0 Å². The molecule has 0 amide bonds. The molecule has 11 rings (SSSR count). The van der Waals surface area contributed by atoms with Crippen LogP contribution in [-0.4, -0.2) is 24.9 Å². The topological polar surface area (TPSA) is 64.5 Å². The van der Waals surface area contributed by atoms with E-state index in [2.05, 4.69) is 140 Å². The molecule has 6 aromatic carbocycles. The van der Waals surface area contributed by atoms with E-state index in [0.717, 1.165) is 69.0 Å². The molecule has 63 heavy (non-hydrogen) atoms. The molecule has 4 aromatic heterocycles. The Morgan fingerprint density at radius 3 is 1.73 bits per heavy atom. The summed E-state index contributed by atoms with van der Waals surface area (Å²) in [6.45, 7) is 3.79. The number of thiophene rings is 1. The van der Waals surface area contributed by atoms with Gasteiger partial charge >= 0.3 is 0 Å². The van der Waals surface area contributed by atoms with E-state index < -0.39 is 0 Å². The normalized spacial score (nSPS) is 12.3. The molecule has 0 saturated heterocycles. The van der Waals surface area contributed by atoms with Gasteiger partial charge in [0.05, 0.1) is 22.8 Å². The van der Waals surface area contributed by atoms with Crippen molar-refractivity contribution < 1.29 is 0 Å². The van der Waals surface area contributed by atoms with Crippen LogP contribution in [0.1, 0.15) is 17.0 Å². The second-order valence-electron chi connectivity index (χ2n) is 15.6. The van der Waals surface area contributed by atoms with Gasteiger partial charge in [-0.15, -0.1) is 11.3 Å². The third-order valence-corrected chi connectivity index (χ3v) is 12.8. The van der Waals surface area contributed by atoms with Crippen molar-refractivity contribution in [3.8, 4) is 78.9 Å². The van der Waals surface area contributed by atoms with E-state index in [0.29, 0.717) is 17.5 Å². The maximum absolute atomic E-state index is 5.48. The van der Waals surface area contributed by atoms with Crippen LogP contribution in [0.15, 0.2) is 201 Å². The van der Waals surface area contributed by atoms with Crippen LogP contribution in [0, 0.1) is 0 Å². The zero-order valence-corrected chi connectivity index (χ0v) is 35.1. The summed E-state index contributed by atoms with van der Waals surface area (Å²) in [5.74, 6) is 1.80. The molecule has 0 fully saturated rings. The molecule has 0 radical (unpaired) electrons. The Balaban J connectivity index is 1.09. The number of benzene rings is 6. The van der Waals surface area contributed by atoms with Gasteiger partial charge < -0.3 is 0 Å². The van der Waals surface area contributed by atoms with Crippen molar-refractivity contribution in [2.24, 2.45) is 0 Å². The molecule has 10 aromatic rings. The first-order valence-electron chi connectivity index (χ1n) is 21.1. The van der Waals surface area contributed by atoms with E-state index >= 15 is 0 Å². The van der Waals surface area contributed by atoms with Crippen molar-refractivity contribution in [1.82, 2.24) is 24.9 Å². The number of aryl methyl sites for hydroxylation is 2. The molecule has 0 N–H and O–H groups in total. The Morgan fingerprint density at radius 2 is 1.03 bits per heavy atom. The summed E-state index contributed by atoms with van der Waals surface area (Å²) >= 11 is 1.83. The monoisotopic (exact) mass is 825 g/mol. The summed E-state index contributed by atoms with van der Waals surface area (Å²) < 4.78 is 2.45. The molecule has 0 spiro atoms. The van der Waals surface area contributed by atoms with Crippen LogP contribution < -0.4 is 0 Å². The number of allylic oxidation sites excluding steroid dienone is 4. The second-order valence-corrected chi connectivity index (χ2v) is 16.7. The minimum atomic E-state index is 0.575. The van der Waals surface area contributed by atoms with Crippen LogP contribution in [0.5, 0.6) is 0 Å². The van der Waals surface area contributed by atoms with Gasteiger partial charge in [-0.1, -0.05) is 158 Å². The highest BCUT2D eigenvalue weighted by Crippen LogP contribution is 2.45. The average Bonchev–Trinajstić information content (AvgIpc) is 3.73. The van der Waals surface area contributed by atoms with Crippen LogP contribution in [-0.2, 0) is 12.8 Å². The predicted octanol–water partition coefficient (Wildman–Crippen LogP) is 14.6. The third-order valence-electron chi connectivity index (χ3n) is 11.6. The zero-order chi connectivity index (χ0) is 42.1. The van der Waals surface area contributed by atoms with Crippen molar-refractivity contribution in [1.29, 1.82) is 0 Å². The molecule has 5 nitrogen and oxygen atoms in total. The number of hydrogen-bond acceptors (Lipinski definition) is 6. The average molecular weight is 826 g/mol. The molecule has 0 atom stereocenters. The first-order chi connectivity index (χ1) is 31.1. The molecule has 1 aliphatic carbocycles. The maximum atomic E-state index is 5.48. The van der Waals surface area contributed by atoms with E-state index in [1.54, 1.807) is 6.08 Å². The van der Waals surface area contributed by atoms with Crippen molar-refractivity contribution in [2.45, 2.75) is 12.8 Å². The lowest BCUT2D eigenvalue weighted by molar-refractivity contribution is 0.914. The van der Waals surface area contributed by atoms with Gasteiger partial charge in [0.2, 0.25) is 0 Å². The molecule has 0 saturated carbocycles. The van der Waals surface area contributed by atoms with Crippen LogP contribution in [0.4, 0.5) is 0 Å². The quantitative estimate of drug-likeness (QED) is 0.136. The lowest BCUT2D eigenvalue weighted by Gasteiger charge is -2.20. The first kappa shape index (κ1) is 38.0. The van der Waals surface area contributed by atoms with Gasteiger partial charge in [-0.25, -0.2) is 24.9 Å². The summed E-state index contributed by atoms with van der Waals surface area (Å²) in [5.41, 5.74) is 14.8. The van der Waals surface area contributed by atoms with E-state index in [9.17, 15) is 0 Å². The largest absolute Gasteiger partial charge is 0.246 e. The summed E-state index contributed by atoms with van der Waals surface area (Å²) in [4.78, 5) is 25.6. The van der Waals surface area contributed by atoms with E-state index in [-0.39, 0.29) is 0 Å². The Bertz CT molecular complexity index is 3410. The van der Waals surface area contributed by atoms with Gasteiger partial charge in [0.15, 0.2) is 17.5 Å². The highest BCUT2D eigenvalue weighted by Gasteiger charge is 2.22. The zero-order valence-electron chi connectivity index (χ0n) is 34.3. The predicted molar refractivity (Wildman–Crippen MR) is 262 cm³/mol. The summed E-state index contributed by atoms with van der Waals surface area (Å²) in [7, 11) is 0. The Hall–Kier alpha value is -7.93. The van der Waals surface area contributed by atoms with Crippen LogP contribution in [0.25, 0.3) is 105 Å².